The molecular formula is C17H14ClN5O2S. The molecule has 0 radical (unpaired) electrons. The predicted molar refractivity (Wildman–Crippen MR) is 99.8 cm³/mol. The number of thiazole rings is 1. The van der Waals surface area contributed by atoms with Crippen LogP contribution in [-0.4, -0.2) is 24.3 Å². The summed E-state index contributed by atoms with van der Waals surface area (Å²) in [5.74, 6) is 0.730. The molecule has 3 heterocycles. The second-order valence-corrected chi connectivity index (χ2v) is 7.04. The fourth-order valence-electron chi connectivity index (χ4n) is 2.52. The molecule has 132 valence electrons. The highest BCUT2D eigenvalue weighted by Crippen LogP contribution is 2.18. The molecule has 0 bridgehead atoms. The first-order valence-corrected chi connectivity index (χ1v) is 9.05. The van der Waals surface area contributed by atoms with E-state index in [-0.39, 0.29) is 5.56 Å². The first-order valence-electron chi connectivity index (χ1n) is 7.79. The van der Waals surface area contributed by atoms with Gasteiger partial charge in [0.05, 0.1) is 18.4 Å². The zero-order valence-corrected chi connectivity index (χ0v) is 15.4. The van der Waals surface area contributed by atoms with Crippen molar-refractivity contribution in [2.24, 2.45) is 7.05 Å². The van der Waals surface area contributed by atoms with Crippen LogP contribution >= 0.6 is 22.9 Å². The zero-order chi connectivity index (χ0) is 18.1. The lowest BCUT2D eigenvalue weighted by Crippen LogP contribution is -2.21. The maximum atomic E-state index is 12.5. The van der Waals surface area contributed by atoms with Gasteiger partial charge in [-0.05, 0) is 24.3 Å². The molecule has 7 nitrogen and oxygen atoms in total. The van der Waals surface area contributed by atoms with Crippen molar-refractivity contribution >= 4 is 34.0 Å². The number of halogens is 1. The van der Waals surface area contributed by atoms with Crippen LogP contribution in [0.15, 0.2) is 47.0 Å². The second-order valence-electron chi connectivity index (χ2n) is 5.66. The van der Waals surface area contributed by atoms with E-state index in [1.165, 1.54) is 28.4 Å². The predicted octanol–water partition coefficient (Wildman–Crippen LogP) is 2.87. The third-order valence-electron chi connectivity index (χ3n) is 3.83. The molecule has 0 aliphatic rings. The van der Waals surface area contributed by atoms with Crippen molar-refractivity contribution in [3.63, 3.8) is 0 Å². The molecule has 0 atom stereocenters. The average molecular weight is 388 g/mol. The van der Waals surface area contributed by atoms with Gasteiger partial charge in [-0.2, -0.15) is 5.10 Å². The van der Waals surface area contributed by atoms with E-state index >= 15 is 0 Å². The highest BCUT2D eigenvalue weighted by atomic mass is 35.5. The Labute approximate surface area is 157 Å². The molecular weight excluding hydrogens is 374 g/mol. The maximum absolute atomic E-state index is 12.5. The molecule has 0 saturated carbocycles. The van der Waals surface area contributed by atoms with Crippen molar-refractivity contribution in [2.45, 2.75) is 13.2 Å². The first-order chi connectivity index (χ1) is 12.6. The largest absolute Gasteiger partial charge is 0.486 e. The minimum atomic E-state index is -0.130. The molecule has 4 rings (SSSR count). The Hall–Kier alpha value is -2.71. The number of aryl methyl sites for hydroxylation is 1. The number of nitrogens with zero attached hydrogens (tertiary/aromatic N) is 5. The van der Waals surface area contributed by atoms with E-state index in [9.17, 15) is 4.79 Å². The van der Waals surface area contributed by atoms with Gasteiger partial charge >= 0.3 is 0 Å². The standard InChI is InChI=1S/C17H14ClN5O2S/c1-22-16-14(6-20-22)17(24)23(10-19-16)7-12-9-26-15(21-12)8-25-13-4-2-11(18)3-5-13/h2-6,9-10H,7-8H2,1H3. The summed E-state index contributed by atoms with van der Waals surface area (Å²) < 4.78 is 8.80. The lowest BCUT2D eigenvalue weighted by atomic mass is 10.3. The molecule has 4 aromatic rings. The Morgan fingerprint density at radius 3 is 2.88 bits per heavy atom. The third-order valence-corrected chi connectivity index (χ3v) is 4.95. The fraction of sp³-hybridized carbons (Fsp3) is 0.176. The Morgan fingerprint density at radius 1 is 1.27 bits per heavy atom. The van der Waals surface area contributed by atoms with E-state index in [0.717, 1.165) is 16.5 Å². The van der Waals surface area contributed by atoms with Crippen LogP contribution in [0.25, 0.3) is 11.0 Å². The van der Waals surface area contributed by atoms with Crippen molar-refractivity contribution in [3.8, 4) is 5.75 Å². The lowest BCUT2D eigenvalue weighted by molar-refractivity contribution is 0.305. The van der Waals surface area contributed by atoms with Gasteiger partial charge in [-0.3, -0.25) is 14.0 Å². The molecule has 3 aromatic heterocycles. The van der Waals surface area contributed by atoms with Crippen LogP contribution in [0.1, 0.15) is 10.7 Å². The second kappa shape index (κ2) is 6.89. The zero-order valence-electron chi connectivity index (χ0n) is 13.8. The van der Waals surface area contributed by atoms with Crippen LogP contribution in [-0.2, 0) is 20.2 Å². The maximum Gasteiger partial charge on any atom is 0.264 e. The Balaban J connectivity index is 1.47. The summed E-state index contributed by atoms with van der Waals surface area (Å²) in [6.45, 7) is 0.717. The molecule has 1 aromatic carbocycles. The summed E-state index contributed by atoms with van der Waals surface area (Å²) in [7, 11) is 1.76. The van der Waals surface area contributed by atoms with Gasteiger partial charge in [0.1, 0.15) is 29.1 Å². The van der Waals surface area contributed by atoms with E-state index in [1.54, 1.807) is 23.9 Å². The average Bonchev–Trinajstić information content (AvgIpc) is 3.24. The quantitative estimate of drug-likeness (QED) is 0.526. The summed E-state index contributed by atoms with van der Waals surface area (Å²) in [4.78, 5) is 21.3. The summed E-state index contributed by atoms with van der Waals surface area (Å²) in [6.07, 6.45) is 3.06. The number of fused-ring (bicyclic) bond motifs is 1. The number of rotatable bonds is 5. The molecule has 0 unspecified atom stereocenters. The van der Waals surface area contributed by atoms with Gasteiger partial charge in [-0.15, -0.1) is 11.3 Å². The van der Waals surface area contributed by atoms with Crippen LogP contribution in [0.4, 0.5) is 0 Å². The number of hydrogen-bond acceptors (Lipinski definition) is 6. The molecule has 0 aliphatic carbocycles. The number of aromatic nitrogens is 5. The van der Waals surface area contributed by atoms with Gasteiger partial charge in [-0.1, -0.05) is 11.6 Å². The number of ether oxygens (including phenoxy) is 1. The van der Waals surface area contributed by atoms with E-state index in [0.29, 0.717) is 29.2 Å². The van der Waals surface area contributed by atoms with Gasteiger partial charge in [0, 0.05) is 17.5 Å². The van der Waals surface area contributed by atoms with Crippen molar-refractivity contribution in [2.75, 3.05) is 0 Å². The molecule has 0 aliphatic heterocycles. The van der Waals surface area contributed by atoms with Crippen LogP contribution in [0.5, 0.6) is 5.75 Å². The third kappa shape index (κ3) is 3.33. The SMILES string of the molecule is Cn1ncc2c(=O)n(Cc3csc(COc4ccc(Cl)cc4)n3)cnc21. The first kappa shape index (κ1) is 16.7. The monoisotopic (exact) mass is 387 g/mol. The van der Waals surface area contributed by atoms with Crippen LogP contribution in [0.3, 0.4) is 0 Å². The molecule has 0 N–H and O–H groups in total. The van der Waals surface area contributed by atoms with Gasteiger partial charge in [0.2, 0.25) is 0 Å². The number of benzene rings is 1. The van der Waals surface area contributed by atoms with Crippen molar-refractivity contribution in [1.82, 2.24) is 24.3 Å². The minimum absolute atomic E-state index is 0.130. The fourth-order valence-corrected chi connectivity index (χ4v) is 3.34. The highest BCUT2D eigenvalue weighted by molar-refractivity contribution is 7.09. The summed E-state index contributed by atoms with van der Waals surface area (Å²) in [6, 6.07) is 7.17. The van der Waals surface area contributed by atoms with Crippen molar-refractivity contribution < 1.29 is 4.74 Å². The summed E-state index contributed by atoms with van der Waals surface area (Å²) in [5, 5.41) is 7.98. The van der Waals surface area contributed by atoms with Crippen molar-refractivity contribution in [1.29, 1.82) is 0 Å². The topological polar surface area (TPSA) is 74.8 Å². The van der Waals surface area contributed by atoms with Gasteiger partial charge in [0.15, 0.2) is 5.65 Å². The van der Waals surface area contributed by atoms with Crippen LogP contribution in [0.2, 0.25) is 5.02 Å². The summed E-state index contributed by atoms with van der Waals surface area (Å²) in [5.41, 5.74) is 1.23. The Morgan fingerprint density at radius 2 is 2.08 bits per heavy atom. The Bertz CT molecular complexity index is 1120. The number of hydrogen-bond donors (Lipinski definition) is 0. The lowest BCUT2D eigenvalue weighted by Gasteiger charge is -2.04. The molecule has 0 saturated heterocycles. The Kier molecular flexibility index (Phi) is 4.44. The molecule has 0 spiro atoms. The van der Waals surface area contributed by atoms with Crippen LogP contribution < -0.4 is 10.3 Å². The molecule has 0 amide bonds. The van der Waals surface area contributed by atoms with E-state index < -0.39 is 0 Å². The molecule has 0 fully saturated rings. The van der Waals surface area contributed by atoms with E-state index in [1.807, 2.05) is 17.5 Å². The molecule has 26 heavy (non-hydrogen) atoms. The molecule has 9 heteroatoms. The van der Waals surface area contributed by atoms with Gasteiger partial charge in [-0.25, -0.2) is 9.97 Å². The van der Waals surface area contributed by atoms with Crippen molar-refractivity contribution in [3.05, 3.63) is 68.2 Å². The van der Waals surface area contributed by atoms with Gasteiger partial charge in [0.25, 0.3) is 5.56 Å². The highest BCUT2D eigenvalue weighted by Gasteiger charge is 2.10. The van der Waals surface area contributed by atoms with E-state index in [4.69, 9.17) is 16.3 Å². The van der Waals surface area contributed by atoms with Gasteiger partial charge < -0.3 is 4.74 Å². The van der Waals surface area contributed by atoms with Crippen LogP contribution in [0, 0.1) is 0 Å². The summed E-state index contributed by atoms with van der Waals surface area (Å²) >= 11 is 7.35. The normalized spacial score (nSPS) is 11.2. The smallest absolute Gasteiger partial charge is 0.264 e. The van der Waals surface area contributed by atoms with E-state index in [2.05, 4.69) is 15.1 Å². The minimum Gasteiger partial charge on any atom is -0.486 e.